The molecule has 0 aromatic carbocycles. The van der Waals surface area contributed by atoms with Gasteiger partial charge in [0, 0.05) is 37.8 Å². The van der Waals surface area contributed by atoms with E-state index in [1.165, 1.54) is 0 Å². The van der Waals surface area contributed by atoms with E-state index in [2.05, 4.69) is 21.8 Å². The lowest BCUT2D eigenvalue weighted by Crippen LogP contribution is -2.45. The van der Waals surface area contributed by atoms with Crippen LogP contribution in [-0.4, -0.2) is 52.6 Å². The Hall–Kier alpha value is -1.11. The van der Waals surface area contributed by atoms with E-state index in [1.54, 1.807) is 11.3 Å². The molecular weight excluding hydrogens is 236 g/mol. The first kappa shape index (κ1) is 11.0. The van der Waals surface area contributed by atoms with Gasteiger partial charge in [0.2, 0.25) is 0 Å². The van der Waals surface area contributed by atoms with Crippen molar-refractivity contribution in [1.29, 1.82) is 0 Å². The third kappa shape index (κ3) is 1.82. The van der Waals surface area contributed by atoms with Crippen LogP contribution in [0.15, 0.2) is 11.6 Å². The number of aromatic nitrogens is 2. The summed E-state index contributed by atoms with van der Waals surface area (Å²) in [5.74, 6) is 0.951. The standard InChI is InChI=1S/C11H16N4OS/c1-13-2-4-14(5-3-13)10-9(8-16)15-6-7-17-11(15)12-10/h6-7,16H,2-5,8H2,1H3. The zero-order valence-corrected chi connectivity index (χ0v) is 10.7. The van der Waals surface area contributed by atoms with Crippen LogP contribution in [0, 0.1) is 0 Å². The lowest BCUT2D eigenvalue weighted by Gasteiger charge is -2.33. The maximum absolute atomic E-state index is 9.51. The molecule has 2 aromatic heterocycles. The Morgan fingerprint density at radius 2 is 2.12 bits per heavy atom. The van der Waals surface area contributed by atoms with Crippen molar-refractivity contribution in [2.24, 2.45) is 0 Å². The van der Waals surface area contributed by atoms with E-state index < -0.39 is 0 Å². The van der Waals surface area contributed by atoms with Crippen molar-refractivity contribution in [2.75, 3.05) is 38.1 Å². The Balaban J connectivity index is 1.96. The van der Waals surface area contributed by atoms with E-state index in [1.807, 2.05) is 16.0 Å². The molecule has 0 amide bonds. The molecule has 0 bridgehead atoms. The minimum atomic E-state index is 0.0412. The maximum atomic E-state index is 9.51. The SMILES string of the molecule is CN1CCN(c2nc3sccn3c2CO)CC1. The normalized spacial score (nSPS) is 18.1. The van der Waals surface area contributed by atoms with Crippen LogP contribution in [-0.2, 0) is 6.61 Å². The van der Waals surface area contributed by atoms with Gasteiger partial charge in [-0.05, 0) is 7.05 Å². The molecule has 5 nitrogen and oxygen atoms in total. The highest BCUT2D eigenvalue weighted by Gasteiger charge is 2.21. The molecule has 3 rings (SSSR count). The van der Waals surface area contributed by atoms with Gasteiger partial charge in [-0.2, -0.15) is 0 Å². The molecule has 0 saturated carbocycles. The van der Waals surface area contributed by atoms with E-state index in [0.717, 1.165) is 42.7 Å². The van der Waals surface area contributed by atoms with Crippen LogP contribution in [0.2, 0.25) is 0 Å². The Morgan fingerprint density at radius 3 is 2.82 bits per heavy atom. The number of fused-ring (bicyclic) bond motifs is 1. The van der Waals surface area contributed by atoms with Gasteiger partial charge >= 0.3 is 0 Å². The smallest absolute Gasteiger partial charge is 0.195 e. The van der Waals surface area contributed by atoms with Crippen molar-refractivity contribution in [3.05, 3.63) is 17.3 Å². The molecular formula is C11H16N4OS. The van der Waals surface area contributed by atoms with Crippen LogP contribution < -0.4 is 4.90 Å². The van der Waals surface area contributed by atoms with Gasteiger partial charge in [0.1, 0.15) is 0 Å². The Labute approximate surface area is 104 Å². The van der Waals surface area contributed by atoms with Crippen LogP contribution in [0.4, 0.5) is 5.82 Å². The molecule has 1 fully saturated rings. The van der Waals surface area contributed by atoms with Gasteiger partial charge in [0.15, 0.2) is 10.8 Å². The van der Waals surface area contributed by atoms with Crippen molar-refractivity contribution < 1.29 is 5.11 Å². The fourth-order valence-electron chi connectivity index (χ4n) is 2.24. The van der Waals surface area contributed by atoms with Gasteiger partial charge in [-0.15, -0.1) is 11.3 Å². The second-order valence-corrected chi connectivity index (χ2v) is 5.26. The summed E-state index contributed by atoms with van der Waals surface area (Å²) < 4.78 is 1.98. The van der Waals surface area contributed by atoms with Crippen molar-refractivity contribution in [1.82, 2.24) is 14.3 Å². The van der Waals surface area contributed by atoms with E-state index in [-0.39, 0.29) is 6.61 Å². The van der Waals surface area contributed by atoms with Gasteiger partial charge in [-0.25, -0.2) is 4.98 Å². The third-order valence-electron chi connectivity index (χ3n) is 3.29. The summed E-state index contributed by atoms with van der Waals surface area (Å²) in [5, 5.41) is 11.5. The highest BCUT2D eigenvalue weighted by atomic mass is 32.1. The number of rotatable bonds is 2. The molecule has 0 atom stereocenters. The fraction of sp³-hybridized carbons (Fsp3) is 0.545. The number of hydrogen-bond donors (Lipinski definition) is 1. The van der Waals surface area contributed by atoms with Gasteiger partial charge in [0.25, 0.3) is 0 Å². The largest absolute Gasteiger partial charge is 0.390 e. The van der Waals surface area contributed by atoms with Gasteiger partial charge in [-0.3, -0.25) is 4.40 Å². The summed E-state index contributed by atoms with van der Waals surface area (Å²) in [6.45, 7) is 4.11. The molecule has 3 heterocycles. The lowest BCUT2D eigenvalue weighted by atomic mass is 10.3. The number of anilines is 1. The molecule has 92 valence electrons. The monoisotopic (exact) mass is 252 g/mol. The Bertz CT molecular complexity index is 512. The van der Waals surface area contributed by atoms with Gasteiger partial charge < -0.3 is 14.9 Å². The van der Waals surface area contributed by atoms with E-state index in [0.29, 0.717) is 0 Å². The Kier molecular flexibility index (Phi) is 2.78. The topological polar surface area (TPSA) is 44.0 Å². The van der Waals surface area contributed by atoms with Gasteiger partial charge in [0.05, 0.1) is 12.3 Å². The first-order valence-corrected chi connectivity index (χ1v) is 6.66. The third-order valence-corrected chi connectivity index (χ3v) is 4.05. The summed E-state index contributed by atoms with van der Waals surface area (Å²) >= 11 is 1.61. The molecule has 1 aliphatic heterocycles. The highest BCUT2D eigenvalue weighted by molar-refractivity contribution is 7.15. The van der Waals surface area contributed by atoms with E-state index >= 15 is 0 Å². The molecule has 1 saturated heterocycles. The van der Waals surface area contributed by atoms with Crippen molar-refractivity contribution >= 4 is 22.1 Å². The number of hydrogen-bond acceptors (Lipinski definition) is 5. The summed E-state index contributed by atoms with van der Waals surface area (Å²) in [5.41, 5.74) is 0.908. The number of aliphatic hydroxyl groups excluding tert-OH is 1. The summed E-state index contributed by atoms with van der Waals surface area (Å²) in [6, 6.07) is 0. The highest BCUT2D eigenvalue weighted by Crippen LogP contribution is 2.25. The number of piperazine rings is 1. The molecule has 0 radical (unpaired) electrons. The predicted molar refractivity (Wildman–Crippen MR) is 68.7 cm³/mol. The molecule has 2 aromatic rings. The lowest BCUT2D eigenvalue weighted by molar-refractivity contribution is 0.274. The molecule has 1 N–H and O–H groups in total. The molecule has 17 heavy (non-hydrogen) atoms. The quantitative estimate of drug-likeness (QED) is 0.852. The fourth-order valence-corrected chi connectivity index (χ4v) is 2.97. The van der Waals surface area contributed by atoms with Crippen LogP contribution >= 0.6 is 11.3 Å². The molecule has 0 unspecified atom stereocenters. The van der Waals surface area contributed by atoms with Gasteiger partial charge in [-0.1, -0.05) is 0 Å². The molecule has 1 aliphatic rings. The average Bonchev–Trinajstić information content (AvgIpc) is 2.89. The van der Waals surface area contributed by atoms with Crippen LogP contribution in [0.25, 0.3) is 4.96 Å². The second-order valence-electron chi connectivity index (χ2n) is 4.39. The maximum Gasteiger partial charge on any atom is 0.195 e. The number of likely N-dealkylation sites (N-methyl/N-ethyl adjacent to an activating group) is 1. The van der Waals surface area contributed by atoms with E-state index in [9.17, 15) is 5.11 Å². The first-order valence-electron chi connectivity index (χ1n) is 5.78. The van der Waals surface area contributed by atoms with Crippen molar-refractivity contribution in [3.63, 3.8) is 0 Å². The van der Waals surface area contributed by atoms with Crippen LogP contribution in [0.3, 0.4) is 0 Å². The Morgan fingerprint density at radius 1 is 1.35 bits per heavy atom. The summed E-state index contributed by atoms with van der Waals surface area (Å²) in [7, 11) is 2.13. The minimum absolute atomic E-state index is 0.0412. The molecule has 0 aliphatic carbocycles. The van der Waals surface area contributed by atoms with E-state index in [4.69, 9.17) is 0 Å². The first-order chi connectivity index (χ1) is 8.29. The van der Waals surface area contributed by atoms with Crippen LogP contribution in [0.5, 0.6) is 0 Å². The predicted octanol–water partition coefficient (Wildman–Crippen LogP) is 0.640. The number of aliphatic hydroxyl groups is 1. The molecule has 0 spiro atoms. The molecule has 6 heteroatoms. The number of imidazole rings is 1. The average molecular weight is 252 g/mol. The van der Waals surface area contributed by atoms with Crippen molar-refractivity contribution in [3.8, 4) is 0 Å². The van der Waals surface area contributed by atoms with Crippen LogP contribution in [0.1, 0.15) is 5.69 Å². The number of nitrogens with zero attached hydrogens (tertiary/aromatic N) is 4. The zero-order chi connectivity index (χ0) is 11.8. The number of thiazole rings is 1. The summed E-state index contributed by atoms with van der Waals surface area (Å²) in [6.07, 6.45) is 1.97. The summed E-state index contributed by atoms with van der Waals surface area (Å²) in [4.78, 5) is 10.2. The second kappa shape index (κ2) is 4.29. The van der Waals surface area contributed by atoms with Crippen molar-refractivity contribution in [2.45, 2.75) is 6.61 Å². The zero-order valence-electron chi connectivity index (χ0n) is 9.83. The minimum Gasteiger partial charge on any atom is -0.390 e.